The van der Waals surface area contributed by atoms with Gasteiger partial charge in [0.1, 0.15) is 0 Å². The van der Waals surface area contributed by atoms with Crippen molar-refractivity contribution in [2.45, 2.75) is 27.2 Å². The molecule has 1 aromatic heterocycles. The summed E-state index contributed by atoms with van der Waals surface area (Å²) in [5.74, 6) is 0.0610. The van der Waals surface area contributed by atoms with Gasteiger partial charge in [0.05, 0.1) is 5.69 Å². The molecule has 2 nitrogen and oxygen atoms in total. The summed E-state index contributed by atoms with van der Waals surface area (Å²) in [7, 11) is 0. The minimum absolute atomic E-state index is 0.0610. The second kappa shape index (κ2) is 6.01. The molecule has 0 fully saturated rings. The predicted molar refractivity (Wildman–Crippen MR) is 67.5 cm³/mol. The summed E-state index contributed by atoms with van der Waals surface area (Å²) in [6.07, 6.45) is 10.5. The van der Waals surface area contributed by atoms with Gasteiger partial charge in [-0.25, -0.2) is 0 Å². The van der Waals surface area contributed by atoms with Crippen LogP contribution in [0.1, 0.15) is 42.4 Å². The first-order valence-electron chi connectivity index (χ1n) is 5.60. The molecule has 2 heteroatoms. The standard InChI is InChI=1S/C12H11NO.C2H6/c1-9(14)11-7-10-5-3-2-4-6-12(10)13-8-11;1-2/h2-5,7-8H,6H2,1H3;1-2H3. The molecule has 0 radical (unpaired) electrons. The number of hydrogen-bond acceptors (Lipinski definition) is 2. The van der Waals surface area contributed by atoms with Crippen LogP contribution in [0.2, 0.25) is 0 Å². The lowest BCUT2D eigenvalue weighted by atomic mass is 10.1. The summed E-state index contributed by atoms with van der Waals surface area (Å²) in [4.78, 5) is 15.4. The number of carbonyl (C=O) groups excluding carboxylic acids is 1. The third-order valence-corrected chi connectivity index (χ3v) is 2.24. The van der Waals surface area contributed by atoms with Gasteiger partial charge in [0.25, 0.3) is 0 Å². The smallest absolute Gasteiger partial charge is 0.161 e. The van der Waals surface area contributed by atoms with Crippen molar-refractivity contribution in [3.05, 3.63) is 47.3 Å². The van der Waals surface area contributed by atoms with Gasteiger partial charge in [-0.05, 0) is 18.6 Å². The van der Waals surface area contributed by atoms with Gasteiger partial charge in [0, 0.05) is 18.2 Å². The number of rotatable bonds is 1. The minimum Gasteiger partial charge on any atom is -0.294 e. The van der Waals surface area contributed by atoms with E-state index >= 15 is 0 Å². The van der Waals surface area contributed by atoms with E-state index in [1.807, 2.05) is 38.1 Å². The van der Waals surface area contributed by atoms with E-state index in [1.165, 1.54) is 0 Å². The molecule has 0 amide bonds. The number of fused-ring (bicyclic) bond motifs is 1. The van der Waals surface area contributed by atoms with E-state index in [9.17, 15) is 4.79 Å². The molecule has 0 N–H and O–H groups in total. The molecule has 0 atom stereocenters. The second-order valence-corrected chi connectivity index (χ2v) is 3.31. The summed E-state index contributed by atoms with van der Waals surface area (Å²) in [5, 5.41) is 0. The molecule has 0 spiro atoms. The largest absolute Gasteiger partial charge is 0.294 e. The van der Waals surface area contributed by atoms with Crippen LogP contribution in [0.3, 0.4) is 0 Å². The fraction of sp³-hybridized carbons (Fsp3) is 0.286. The lowest BCUT2D eigenvalue weighted by Crippen LogP contribution is -1.98. The van der Waals surface area contributed by atoms with Gasteiger partial charge in [-0.15, -0.1) is 0 Å². The fourth-order valence-corrected chi connectivity index (χ4v) is 1.43. The number of carbonyl (C=O) groups is 1. The number of Topliss-reactive ketones (excluding diaryl/α,β-unsaturated/α-hetero) is 1. The molecule has 1 aliphatic carbocycles. The van der Waals surface area contributed by atoms with Crippen LogP contribution in [0.4, 0.5) is 0 Å². The van der Waals surface area contributed by atoms with Crippen LogP contribution in [0.15, 0.2) is 30.5 Å². The summed E-state index contributed by atoms with van der Waals surface area (Å²) in [6.45, 7) is 5.56. The number of ketones is 1. The zero-order valence-corrected chi connectivity index (χ0v) is 10.0. The van der Waals surface area contributed by atoms with Crippen LogP contribution >= 0.6 is 0 Å². The van der Waals surface area contributed by atoms with Crippen molar-refractivity contribution in [3.63, 3.8) is 0 Å². The van der Waals surface area contributed by atoms with Crippen LogP contribution < -0.4 is 0 Å². The summed E-state index contributed by atoms with van der Waals surface area (Å²) in [5.41, 5.74) is 2.75. The quantitative estimate of drug-likeness (QED) is 0.672. The molecule has 1 aliphatic rings. The van der Waals surface area contributed by atoms with Gasteiger partial charge in [-0.3, -0.25) is 9.78 Å². The maximum Gasteiger partial charge on any atom is 0.161 e. The average Bonchev–Trinajstić information content (AvgIpc) is 2.55. The molecule has 0 aromatic carbocycles. The average molecular weight is 215 g/mol. The van der Waals surface area contributed by atoms with Gasteiger partial charge in [0.15, 0.2) is 5.78 Å². The Morgan fingerprint density at radius 2 is 2.06 bits per heavy atom. The summed E-state index contributed by atoms with van der Waals surface area (Å²) >= 11 is 0. The third-order valence-electron chi connectivity index (χ3n) is 2.24. The topological polar surface area (TPSA) is 30.0 Å². The maximum absolute atomic E-state index is 11.1. The van der Waals surface area contributed by atoms with Gasteiger partial charge in [-0.1, -0.05) is 38.2 Å². The van der Waals surface area contributed by atoms with Crippen LogP contribution in [0.5, 0.6) is 0 Å². The molecule has 0 bridgehead atoms. The van der Waals surface area contributed by atoms with Gasteiger partial charge >= 0.3 is 0 Å². The monoisotopic (exact) mass is 215 g/mol. The van der Waals surface area contributed by atoms with E-state index in [2.05, 4.69) is 11.1 Å². The fourth-order valence-electron chi connectivity index (χ4n) is 1.43. The Bertz CT molecular complexity index is 430. The van der Waals surface area contributed by atoms with E-state index in [0.717, 1.165) is 17.7 Å². The van der Waals surface area contributed by atoms with Crippen molar-refractivity contribution >= 4 is 11.9 Å². The van der Waals surface area contributed by atoms with Crippen molar-refractivity contribution in [1.29, 1.82) is 0 Å². The van der Waals surface area contributed by atoms with E-state index in [4.69, 9.17) is 0 Å². The van der Waals surface area contributed by atoms with E-state index in [1.54, 1.807) is 13.1 Å². The normalized spacial score (nSPS) is 12.2. The van der Waals surface area contributed by atoms with Crippen LogP contribution in [-0.4, -0.2) is 10.8 Å². The number of pyridine rings is 1. The first-order valence-corrected chi connectivity index (χ1v) is 5.60. The molecular weight excluding hydrogens is 198 g/mol. The van der Waals surface area contributed by atoms with Gasteiger partial charge in [-0.2, -0.15) is 0 Å². The van der Waals surface area contributed by atoms with Crippen LogP contribution in [-0.2, 0) is 6.42 Å². The highest BCUT2D eigenvalue weighted by Gasteiger charge is 2.05. The van der Waals surface area contributed by atoms with Gasteiger partial charge < -0.3 is 0 Å². The second-order valence-electron chi connectivity index (χ2n) is 3.31. The number of hydrogen-bond donors (Lipinski definition) is 0. The van der Waals surface area contributed by atoms with E-state index in [-0.39, 0.29) is 5.78 Å². The highest BCUT2D eigenvalue weighted by molar-refractivity contribution is 5.94. The zero-order chi connectivity index (χ0) is 12.0. The number of nitrogens with zero attached hydrogens (tertiary/aromatic N) is 1. The van der Waals surface area contributed by atoms with Crippen LogP contribution in [0.25, 0.3) is 6.08 Å². The van der Waals surface area contributed by atoms with E-state index < -0.39 is 0 Å². The summed E-state index contributed by atoms with van der Waals surface area (Å²) < 4.78 is 0. The molecule has 2 rings (SSSR count). The van der Waals surface area contributed by atoms with Crippen molar-refractivity contribution in [2.75, 3.05) is 0 Å². The zero-order valence-electron chi connectivity index (χ0n) is 10.0. The van der Waals surface area contributed by atoms with Crippen molar-refractivity contribution in [2.24, 2.45) is 0 Å². The molecule has 84 valence electrons. The minimum atomic E-state index is 0.0610. The SMILES string of the molecule is CC.CC(=O)c1cnc2c(c1)C=CC=CC2. The number of aromatic nitrogens is 1. The first-order chi connectivity index (χ1) is 7.77. The summed E-state index contributed by atoms with van der Waals surface area (Å²) in [6, 6.07) is 1.90. The molecular formula is C14H17NO. The highest BCUT2D eigenvalue weighted by Crippen LogP contribution is 2.15. The Labute approximate surface area is 96.7 Å². The van der Waals surface area contributed by atoms with E-state index in [0.29, 0.717) is 5.56 Å². The lowest BCUT2D eigenvalue weighted by molar-refractivity contribution is 0.101. The predicted octanol–water partition coefficient (Wildman–Crippen LogP) is 3.44. The van der Waals surface area contributed by atoms with Crippen molar-refractivity contribution in [3.8, 4) is 0 Å². The van der Waals surface area contributed by atoms with Crippen LogP contribution in [0, 0.1) is 0 Å². The molecule has 0 saturated carbocycles. The molecule has 1 heterocycles. The van der Waals surface area contributed by atoms with Crippen molar-refractivity contribution < 1.29 is 4.79 Å². The molecule has 0 aliphatic heterocycles. The number of allylic oxidation sites excluding steroid dienone is 3. The third kappa shape index (κ3) is 2.89. The maximum atomic E-state index is 11.1. The van der Waals surface area contributed by atoms with Gasteiger partial charge in [0.2, 0.25) is 0 Å². The van der Waals surface area contributed by atoms with Crippen molar-refractivity contribution in [1.82, 2.24) is 4.98 Å². The first kappa shape index (κ1) is 12.4. The Kier molecular flexibility index (Phi) is 4.65. The Balaban J connectivity index is 0.000000606. The lowest BCUT2D eigenvalue weighted by Gasteiger charge is -2.03. The Morgan fingerprint density at radius 1 is 1.31 bits per heavy atom. The Morgan fingerprint density at radius 3 is 2.75 bits per heavy atom. The molecule has 0 unspecified atom stereocenters. The molecule has 1 aromatic rings. The Hall–Kier alpha value is -1.70. The molecule has 0 saturated heterocycles. The highest BCUT2D eigenvalue weighted by atomic mass is 16.1. The molecule has 16 heavy (non-hydrogen) atoms.